The van der Waals surface area contributed by atoms with Crippen molar-refractivity contribution in [2.24, 2.45) is 0 Å². The molecule has 0 aromatic rings. The van der Waals surface area contributed by atoms with E-state index in [0.717, 1.165) is 6.04 Å². The predicted molar refractivity (Wildman–Crippen MR) is 57.1 cm³/mol. The summed E-state index contributed by atoms with van der Waals surface area (Å²) in [6.45, 7) is 10.2. The second kappa shape index (κ2) is 5.19. The van der Waals surface area contributed by atoms with Crippen molar-refractivity contribution >= 4 is 14.1 Å². The minimum Gasteiger partial charge on any atom is -0.385 e. The molecule has 0 heterocycles. The zero-order chi connectivity index (χ0) is 10.5. The molecule has 0 radical (unpaired) electrons. The van der Waals surface area contributed by atoms with E-state index in [9.17, 15) is 4.79 Å². The second-order valence-electron chi connectivity index (χ2n) is 3.86. The van der Waals surface area contributed by atoms with Crippen molar-refractivity contribution in [1.29, 1.82) is 0 Å². The highest BCUT2D eigenvalue weighted by Crippen LogP contribution is 2.05. The number of hydrogen-bond donors (Lipinski definition) is 1. The van der Waals surface area contributed by atoms with Crippen LogP contribution in [-0.4, -0.2) is 27.9 Å². The number of rotatable bonds is 5. The molecule has 4 heteroatoms. The van der Waals surface area contributed by atoms with E-state index in [-0.39, 0.29) is 5.91 Å². The highest BCUT2D eigenvalue weighted by Gasteiger charge is 2.23. The molecule has 1 amide bonds. The maximum atomic E-state index is 11.3. The van der Waals surface area contributed by atoms with E-state index >= 15 is 0 Å². The molecule has 0 rings (SSSR count). The van der Waals surface area contributed by atoms with Crippen LogP contribution >= 0.6 is 0 Å². The van der Waals surface area contributed by atoms with Gasteiger partial charge in [-0.3, -0.25) is 4.79 Å². The lowest BCUT2D eigenvalue weighted by Gasteiger charge is -2.23. The van der Waals surface area contributed by atoms with E-state index in [0.29, 0.717) is 12.2 Å². The Labute approximate surface area is 81.3 Å². The number of nitrogens with one attached hydrogen (secondary N) is 1. The Morgan fingerprint density at radius 3 is 2.46 bits per heavy atom. The Morgan fingerprint density at radius 1 is 1.54 bits per heavy atom. The van der Waals surface area contributed by atoms with Crippen molar-refractivity contribution in [3.8, 4) is 0 Å². The summed E-state index contributed by atoms with van der Waals surface area (Å²) in [4.78, 5) is 14.3. The summed E-state index contributed by atoms with van der Waals surface area (Å²) >= 11 is 0. The summed E-state index contributed by atoms with van der Waals surface area (Å²) in [6, 6.07) is 0.933. The number of hydrogen-bond acceptors (Lipinski definition) is 2. The Balaban J connectivity index is 4.00. The van der Waals surface area contributed by atoms with Crippen molar-refractivity contribution in [1.82, 2.24) is 4.98 Å². The normalized spacial score (nSPS) is 11.1. The fourth-order valence-electron chi connectivity index (χ4n) is 0.834. The molecule has 0 aromatic carbocycles. The lowest BCUT2D eigenvalue weighted by Crippen LogP contribution is -2.48. The van der Waals surface area contributed by atoms with Gasteiger partial charge < -0.3 is 9.72 Å². The van der Waals surface area contributed by atoms with Crippen LogP contribution in [0.2, 0.25) is 19.1 Å². The van der Waals surface area contributed by atoms with Crippen LogP contribution < -0.4 is 4.98 Å². The van der Waals surface area contributed by atoms with Crippen molar-refractivity contribution in [2.45, 2.75) is 26.1 Å². The average molecular weight is 201 g/mol. The van der Waals surface area contributed by atoms with Crippen LogP contribution in [0.5, 0.6) is 0 Å². The number of methoxy groups -OCH3 is 1. The molecule has 76 valence electrons. The highest BCUT2D eigenvalue weighted by molar-refractivity contribution is 6.77. The molecule has 0 aromatic heterocycles. The highest BCUT2D eigenvalue weighted by atomic mass is 28.3. The monoisotopic (exact) mass is 201 g/mol. The average Bonchev–Trinajstić information content (AvgIpc) is 2.00. The summed E-state index contributed by atoms with van der Waals surface area (Å²) in [7, 11) is 0.0362. The molecule has 0 unspecified atom stereocenters. The third-order valence-electron chi connectivity index (χ3n) is 1.77. The topological polar surface area (TPSA) is 38.3 Å². The van der Waals surface area contributed by atoms with E-state index < -0.39 is 8.24 Å². The van der Waals surface area contributed by atoms with Gasteiger partial charge in [-0.15, -0.1) is 0 Å². The molecule has 0 aliphatic carbocycles. The molecule has 0 saturated carbocycles. The number of ether oxygens (including phenoxy) is 1. The summed E-state index contributed by atoms with van der Waals surface area (Å²) < 4.78 is 4.98. The maximum absolute atomic E-state index is 11.3. The zero-order valence-corrected chi connectivity index (χ0v) is 9.94. The van der Waals surface area contributed by atoms with Gasteiger partial charge in [-0.05, 0) is 13.0 Å². The molecular weight excluding hydrogens is 182 g/mol. The van der Waals surface area contributed by atoms with Gasteiger partial charge in [0.25, 0.3) is 0 Å². The largest absolute Gasteiger partial charge is 0.385 e. The number of carbonyl (C=O) groups is 1. The van der Waals surface area contributed by atoms with Gasteiger partial charge in [0.2, 0.25) is 5.91 Å². The Kier molecular flexibility index (Phi) is 4.94. The first-order chi connectivity index (χ1) is 5.89. The van der Waals surface area contributed by atoms with Gasteiger partial charge >= 0.3 is 0 Å². The van der Waals surface area contributed by atoms with Crippen molar-refractivity contribution < 1.29 is 9.53 Å². The third-order valence-corrected chi connectivity index (χ3v) is 4.13. The van der Waals surface area contributed by atoms with Crippen molar-refractivity contribution in [3.05, 3.63) is 12.2 Å². The Bertz CT molecular complexity index is 202. The zero-order valence-electron chi connectivity index (χ0n) is 8.94. The molecule has 0 saturated heterocycles. The number of carbonyl (C=O) groups excluding carboxylic acids is 1. The molecular formula is C9H19NO2Si. The van der Waals surface area contributed by atoms with Gasteiger partial charge in [0.1, 0.15) is 0 Å². The standard InChI is InChI=1S/C9H19NO2Si/c1-8(2)9(11)10-13(4,5)7-6-12-3/h1,6-7H2,2-5H3,(H,10,11). The molecule has 1 N–H and O–H groups in total. The quantitative estimate of drug-likeness (QED) is 0.541. The predicted octanol–water partition coefficient (Wildman–Crippen LogP) is 1.53. The van der Waals surface area contributed by atoms with Gasteiger partial charge in [-0.1, -0.05) is 19.7 Å². The minimum absolute atomic E-state index is 0.0345. The van der Waals surface area contributed by atoms with Crippen LogP contribution in [-0.2, 0) is 9.53 Å². The third kappa shape index (κ3) is 5.60. The molecule has 0 aliphatic heterocycles. The van der Waals surface area contributed by atoms with Crippen LogP contribution in [0.15, 0.2) is 12.2 Å². The lowest BCUT2D eigenvalue weighted by atomic mass is 10.3. The summed E-state index contributed by atoms with van der Waals surface area (Å²) in [6.07, 6.45) is 0. The number of amides is 1. The molecule has 0 aliphatic rings. The van der Waals surface area contributed by atoms with Crippen molar-refractivity contribution in [2.75, 3.05) is 13.7 Å². The molecule has 0 atom stereocenters. The van der Waals surface area contributed by atoms with Crippen molar-refractivity contribution in [3.63, 3.8) is 0 Å². The Morgan fingerprint density at radius 2 is 2.08 bits per heavy atom. The van der Waals surface area contributed by atoms with Gasteiger partial charge in [0, 0.05) is 19.3 Å². The molecule has 3 nitrogen and oxygen atoms in total. The lowest BCUT2D eigenvalue weighted by molar-refractivity contribution is -0.116. The first-order valence-corrected chi connectivity index (χ1v) is 7.57. The first kappa shape index (κ1) is 12.4. The van der Waals surface area contributed by atoms with E-state index in [4.69, 9.17) is 4.74 Å². The summed E-state index contributed by atoms with van der Waals surface area (Å²) in [5.74, 6) is -0.0345. The molecule has 0 bridgehead atoms. The van der Waals surface area contributed by atoms with E-state index in [2.05, 4.69) is 24.7 Å². The summed E-state index contributed by atoms with van der Waals surface area (Å²) in [5.41, 5.74) is 0.568. The molecule has 13 heavy (non-hydrogen) atoms. The van der Waals surface area contributed by atoms with Gasteiger partial charge in [0.05, 0.1) is 0 Å². The Hall–Kier alpha value is -0.613. The smallest absolute Gasteiger partial charge is 0.238 e. The van der Waals surface area contributed by atoms with Crippen LogP contribution in [0.1, 0.15) is 6.92 Å². The molecule has 0 spiro atoms. The van der Waals surface area contributed by atoms with Gasteiger partial charge in [0.15, 0.2) is 8.24 Å². The van der Waals surface area contributed by atoms with Gasteiger partial charge in [-0.2, -0.15) is 0 Å². The van der Waals surface area contributed by atoms with Crippen LogP contribution in [0, 0.1) is 0 Å². The van der Waals surface area contributed by atoms with E-state index in [1.807, 2.05) is 0 Å². The minimum atomic E-state index is -1.64. The van der Waals surface area contributed by atoms with Gasteiger partial charge in [-0.25, -0.2) is 0 Å². The maximum Gasteiger partial charge on any atom is 0.238 e. The van der Waals surface area contributed by atoms with E-state index in [1.54, 1.807) is 14.0 Å². The first-order valence-electron chi connectivity index (χ1n) is 4.36. The van der Waals surface area contributed by atoms with Crippen LogP contribution in [0.25, 0.3) is 0 Å². The fourth-order valence-corrected chi connectivity index (χ4v) is 2.50. The fraction of sp³-hybridized carbons (Fsp3) is 0.667. The SMILES string of the molecule is C=C(C)C(=O)N[Si](C)(C)CCOC. The van der Waals surface area contributed by atoms with Crippen LogP contribution in [0.4, 0.5) is 0 Å². The van der Waals surface area contributed by atoms with E-state index in [1.165, 1.54) is 0 Å². The summed E-state index contributed by atoms with van der Waals surface area (Å²) in [5, 5.41) is 0. The van der Waals surface area contributed by atoms with Crippen LogP contribution in [0.3, 0.4) is 0 Å². The molecule has 0 fully saturated rings. The second-order valence-corrected chi connectivity index (χ2v) is 8.38.